The number of nitriles is 1. The smallest absolute Gasteiger partial charge is 0.237 e. The van der Waals surface area contributed by atoms with E-state index in [-0.39, 0.29) is 5.91 Å². The molecule has 4 nitrogen and oxygen atoms in total. The van der Waals surface area contributed by atoms with Crippen molar-refractivity contribution in [2.75, 3.05) is 5.32 Å². The number of nitrogens with zero attached hydrogens (tertiary/aromatic N) is 2. The van der Waals surface area contributed by atoms with Crippen molar-refractivity contribution in [1.82, 2.24) is 4.98 Å². The van der Waals surface area contributed by atoms with Crippen molar-refractivity contribution in [3.8, 4) is 28.5 Å². The van der Waals surface area contributed by atoms with Crippen LogP contribution in [-0.4, -0.2) is 16.1 Å². The van der Waals surface area contributed by atoms with Crippen LogP contribution in [0, 0.1) is 18.3 Å². The number of nitrogens with one attached hydrogen (secondary N) is 1. The van der Waals surface area contributed by atoms with Gasteiger partial charge in [-0.25, -0.2) is 4.98 Å². The number of aromatic nitrogens is 1. The summed E-state index contributed by atoms with van der Waals surface area (Å²) in [4.78, 5) is 17.7. The van der Waals surface area contributed by atoms with E-state index in [1.165, 1.54) is 11.8 Å². The van der Waals surface area contributed by atoms with E-state index in [4.69, 9.17) is 4.98 Å². The molecule has 1 atom stereocenters. The maximum Gasteiger partial charge on any atom is 0.237 e. The first-order chi connectivity index (χ1) is 16.1. The Kier molecular flexibility index (Phi) is 6.87. The van der Waals surface area contributed by atoms with Gasteiger partial charge >= 0.3 is 0 Å². The van der Waals surface area contributed by atoms with E-state index in [9.17, 15) is 10.1 Å². The lowest BCUT2D eigenvalue weighted by atomic mass is 9.99. The Bertz CT molecular complexity index is 1310. The number of rotatable bonds is 6. The minimum absolute atomic E-state index is 0.133. The SMILES string of the molecule is Cc1ccccc1NC(=O)C(C)Sc1nc(-c2ccccc2)cc(-c2ccccc2)c1C#N. The van der Waals surface area contributed by atoms with Gasteiger partial charge in [0.15, 0.2) is 0 Å². The first-order valence-corrected chi connectivity index (χ1v) is 11.5. The maximum atomic E-state index is 12.9. The summed E-state index contributed by atoms with van der Waals surface area (Å²) < 4.78 is 0. The van der Waals surface area contributed by atoms with Crippen molar-refractivity contribution >= 4 is 23.4 Å². The number of hydrogen-bond acceptors (Lipinski definition) is 4. The van der Waals surface area contributed by atoms with E-state index < -0.39 is 5.25 Å². The molecule has 0 radical (unpaired) electrons. The average molecular weight is 450 g/mol. The Balaban J connectivity index is 1.73. The zero-order chi connectivity index (χ0) is 23.2. The van der Waals surface area contributed by atoms with Gasteiger partial charge in [-0.1, -0.05) is 90.6 Å². The van der Waals surface area contributed by atoms with Gasteiger partial charge in [-0.15, -0.1) is 0 Å². The molecule has 0 aliphatic carbocycles. The highest BCUT2D eigenvalue weighted by Crippen LogP contribution is 2.35. The standard InChI is InChI=1S/C28H23N3OS/c1-19-11-9-10-16-25(19)30-27(32)20(2)33-28-24(18-29)23(21-12-5-3-6-13-21)17-26(31-28)22-14-7-4-8-15-22/h3-17,20H,1-2H3,(H,30,32). The van der Waals surface area contributed by atoms with Gasteiger partial charge in [0.25, 0.3) is 0 Å². The van der Waals surface area contributed by atoms with E-state index in [1.54, 1.807) is 0 Å². The number of aryl methyl sites for hydroxylation is 1. The predicted octanol–water partition coefficient (Wildman–Crippen LogP) is 6.72. The quantitative estimate of drug-likeness (QED) is 0.332. The first kappa shape index (κ1) is 22.3. The summed E-state index contributed by atoms with van der Waals surface area (Å²) in [5.74, 6) is -0.133. The molecule has 4 aromatic rings. The lowest BCUT2D eigenvalue weighted by Gasteiger charge is -2.16. The third-order valence-corrected chi connectivity index (χ3v) is 6.40. The Morgan fingerprint density at radius 3 is 2.18 bits per heavy atom. The summed E-state index contributed by atoms with van der Waals surface area (Å²) in [6.45, 7) is 3.79. The number of hydrogen-bond donors (Lipinski definition) is 1. The highest BCUT2D eigenvalue weighted by molar-refractivity contribution is 8.00. The Hall–Kier alpha value is -3.88. The molecule has 4 rings (SSSR count). The summed E-state index contributed by atoms with van der Waals surface area (Å²) in [7, 11) is 0. The van der Waals surface area contributed by atoms with Gasteiger partial charge in [0.1, 0.15) is 11.1 Å². The van der Waals surface area contributed by atoms with Crippen LogP contribution in [0.4, 0.5) is 5.69 Å². The fourth-order valence-corrected chi connectivity index (χ4v) is 4.41. The molecule has 33 heavy (non-hydrogen) atoms. The van der Waals surface area contributed by atoms with Crippen LogP contribution in [0.15, 0.2) is 96.0 Å². The molecule has 1 amide bonds. The third-order valence-electron chi connectivity index (χ3n) is 5.31. The van der Waals surface area contributed by atoms with Crippen molar-refractivity contribution in [3.63, 3.8) is 0 Å². The average Bonchev–Trinajstić information content (AvgIpc) is 2.86. The van der Waals surface area contributed by atoms with Crippen molar-refractivity contribution in [1.29, 1.82) is 5.26 Å². The molecule has 0 aliphatic rings. The van der Waals surface area contributed by atoms with Gasteiger partial charge in [-0.3, -0.25) is 4.79 Å². The molecular formula is C28H23N3OS. The summed E-state index contributed by atoms with van der Waals surface area (Å²) in [6, 6.07) is 31.6. The van der Waals surface area contributed by atoms with Crippen LogP contribution < -0.4 is 5.32 Å². The second-order valence-electron chi connectivity index (χ2n) is 7.64. The molecule has 0 bridgehead atoms. The number of carbonyl (C=O) groups excluding carboxylic acids is 1. The summed E-state index contributed by atoms with van der Waals surface area (Å²) in [5.41, 5.74) is 5.72. The van der Waals surface area contributed by atoms with Crippen molar-refractivity contribution < 1.29 is 4.79 Å². The van der Waals surface area contributed by atoms with Crippen LogP contribution in [0.2, 0.25) is 0 Å². The van der Waals surface area contributed by atoms with E-state index in [0.717, 1.165) is 33.6 Å². The molecule has 1 unspecified atom stereocenters. The highest BCUT2D eigenvalue weighted by Gasteiger charge is 2.21. The molecule has 0 spiro atoms. The highest BCUT2D eigenvalue weighted by atomic mass is 32.2. The van der Waals surface area contributed by atoms with Gasteiger partial charge in [0.2, 0.25) is 5.91 Å². The molecule has 1 aromatic heterocycles. The van der Waals surface area contributed by atoms with E-state index in [2.05, 4.69) is 11.4 Å². The van der Waals surface area contributed by atoms with E-state index >= 15 is 0 Å². The number of amides is 1. The normalized spacial score (nSPS) is 11.4. The zero-order valence-corrected chi connectivity index (χ0v) is 19.3. The van der Waals surface area contributed by atoms with Crippen LogP contribution in [0.25, 0.3) is 22.4 Å². The lowest BCUT2D eigenvalue weighted by molar-refractivity contribution is -0.115. The molecule has 1 N–H and O–H groups in total. The van der Waals surface area contributed by atoms with Gasteiger partial charge in [-0.05, 0) is 37.1 Å². The van der Waals surface area contributed by atoms with Crippen LogP contribution >= 0.6 is 11.8 Å². The monoisotopic (exact) mass is 449 g/mol. The molecule has 3 aromatic carbocycles. The Morgan fingerprint density at radius 1 is 0.939 bits per heavy atom. The number of para-hydroxylation sites is 1. The predicted molar refractivity (Wildman–Crippen MR) is 135 cm³/mol. The van der Waals surface area contributed by atoms with Gasteiger partial charge in [0.05, 0.1) is 16.5 Å². The van der Waals surface area contributed by atoms with Crippen molar-refractivity contribution in [3.05, 3.63) is 102 Å². The molecule has 0 aliphatic heterocycles. The molecule has 0 saturated carbocycles. The van der Waals surface area contributed by atoms with E-state index in [0.29, 0.717) is 10.6 Å². The molecule has 162 valence electrons. The van der Waals surface area contributed by atoms with Crippen molar-refractivity contribution in [2.24, 2.45) is 0 Å². The fourth-order valence-electron chi connectivity index (χ4n) is 3.49. The molecule has 0 saturated heterocycles. The number of anilines is 1. The van der Waals surface area contributed by atoms with Gasteiger partial charge in [-0.2, -0.15) is 5.26 Å². The van der Waals surface area contributed by atoms with Crippen LogP contribution in [0.3, 0.4) is 0 Å². The van der Waals surface area contributed by atoms with Crippen LogP contribution in [0.5, 0.6) is 0 Å². The van der Waals surface area contributed by atoms with E-state index in [1.807, 2.05) is 105 Å². The maximum absolute atomic E-state index is 12.9. The lowest BCUT2D eigenvalue weighted by Crippen LogP contribution is -2.23. The molecule has 1 heterocycles. The van der Waals surface area contributed by atoms with Crippen molar-refractivity contribution in [2.45, 2.75) is 24.1 Å². The van der Waals surface area contributed by atoms with Gasteiger partial charge in [0, 0.05) is 16.8 Å². The fraction of sp³-hybridized carbons (Fsp3) is 0.107. The van der Waals surface area contributed by atoms with Gasteiger partial charge < -0.3 is 5.32 Å². The minimum atomic E-state index is -0.446. The second-order valence-corrected chi connectivity index (χ2v) is 8.97. The minimum Gasteiger partial charge on any atom is -0.325 e. The molecule has 0 fully saturated rings. The second kappa shape index (κ2) is 10.2. The third kappa shape index (κ3) is 5.14. The summed E-state index contributed by atoms with van der Waals surface area (Å²) >= 11 is 1.30. The van der Waals surface area contributed by atoms with Crippen LogP contribution in [0.1, 0.15) is 18.1 Å². The molecular weight excluding hydrogens is 426 g/mol. The number of pyridine rings is 1. The number of thioether (sulfide) groups is 1. The zero-order valence-electron chi connectivity index (χ0n) is 18.4. The largest absolute Gasteiger partial charge is 0.325 e. The number of benzene rings is 3. The Morgan fingerprint density at radius 2 is 1.55 bits per heavy atom. The summed E-state index contributed by atoms with van der Waals surface area (Å²) in [6.07, 6.45) is 0. The topological polar surface area (TPSA) is 65.8 Å². The molecule has 5 heteroatoms. The van der Waals surface area contributed by atoms with Crippen LogP contribution in [-0.2, 0) is 4.79 Å². The summed E-state index contributed by atoms with van der Waals surface area (Å²) in [5, 5.41) is 13.1. The Labute approximate surface area is 198 Å². The number of carbonyl (C=O) groups is 1. The first-order valence-electron chi connectivity index (χ1n) is 10.7.